The maximum atomic E-state index is 11.9. The van der Waals surface area contributed by atoms with E-state index in [1.165, 1.54) is 12.1 Å². The van der Waals surface area contributed by atoms with Crippen LogP contribution in [0.5, 0.6) is 5.75 Å². The van der Waals surface area contributed by atoms with Crippen molar-refractivity contribution in [1.29, 1.82) is 0 Å². The molecule has 0 radical (unpaired) electrons. The zero-order chi connectivity index (χ0) is 13.1. The lowest BCUT2D eigenvalue weighted by Gasteiger charge is -2.16. The number of sulfonamides is 1. The first-order chi connectivity index (χ1) is 7.84. The van der Waals surface area contributed by atoms with E-state index >= 15 is 0 Å². The lowest BCUT2D eigenvalue weighted by Crippen LogP contribution is -2.30. The van der Waals surface area contributed by atoms with Crippen LogP contribution in [0.2, 0.25) is 0 Å². The van der Waals surface area contributed by atoms with Gasteiger partial charge in [0, 0.05) is 6.54 Å². The summed E-state index contributed by atoms with van der Waals surface area (Å²) in [5.74, 6) is 0.426. The van der Waals surface area contributed by atoms with Gasteiger partial charge in [0.1, 0.15) is 10.6 Å². The van der Waals surface area contributed by atoms with Crippen LogP contribution < -0.4 is 4.72 Å². The Morgan fingerprint density at radius 1 is 1.24 bits per heavy atom. The molecule has 96 valence electrons. The van der Waals surface area contributed by atoms with Crippen LogP contribution in [0.1, 0.15) is 20.8 Å². The molecule has 0 aliphatic rings. The van der Waals surface area contributed by atoms with Crippen molar-refractivity contribution in [3.05, 3.63) is 24.3 Å². The molecule has 4 nitrogen and oxygen atoms in total. The van der Waals surface area contributed by atoms with E-state index in [1.54, 1.807) is 12.1 Å². The monoisotopic (exact) mass is 257 g/mol. The van der Waals surface area contributed by atoms with E-state index in [0.29, 0.717) is 12.5 Å². The largest absolute Gasteiger partial charge is 0.507 e. The summed E-state index contributed by atoms with van der Waals surface area (Å²) in [6.07, 6.45) is 0. The molecule has 0 spiro atoms. The highest BCUT2D eigenvalue weighted by Gasteiger charge is 2.19. The summed E-state index contributed by atoms with van der Waals surface area (Å²) in [4.78, 5) is -0.0732. The number of phenols is 1. The Hall–Kier alpha value is -1.07. The van der Waals surface area contributed by atoms with E-state index < -0.39 is 10.0 Å². The second kappa shape index (κ2) is 5.51. The second-order valence-electron chi connectivity index (χ2n) is 4.54. The molecule has 5 heteroatoms. The average molecular weight is 257 g/mol. The van der Waals surface area contributed by atoms with Crippen LogP contribution in [0, 0.1) is 11.8 Å². The van der Waals surface area contributed by atoms with Gasteiger partial charge in [0.15, 0.2) is 0 Å². The van der Waals surface area contributed by atoms with Gasteiger partial charge in [0.2, 0.25) is 10.0 Å². The number of phenolic OH excluding ortho intramolecular Hbond substituents is 1. The van der Waals surface area contributed by atoms with Crippen molar-refractivity contribution in [2.45, 2.75) is 25.7 Å². The minimum Gasteiger partial charge on any atom is -0.507 e. The summed E-state index contributed by atoms with van der Waals surface area (Å²) in [6.45, 7) is 6.43. The van der Waals surface area contributed by atoms with Gasteiger partial charge in [-0.1, -0.05) is 32.9 Å². The zero-order valence-corrected chi connectivity index (χ0v) is 11.2. The molecule has 0 aliphatic carbocycles. The lowest BCUT2D eigenvalue weighted by atomic mass is 9.99. The number of rotatable bonds is 5. The normalized spacial score (nSPS) is 13.9. The van der Waals surface area contributed by atoms with E-state index in [2.05, 4.69) is 4.72 Å². The molecule has 0 amide bonds. The van der Waals surface area contributed by atoms with Gasteiger partial charge in [-0.2, -0.15) is 0 Å². The Labute approximate surface area is 103 Å². The van der Waals surface area contributed by atoms with Gasteiger partial charge in [0.25, 0.3) is 0 Å². The molecule has 1 atom stereocenters. The van der Waals surface area contributed by atoms with Crippen molar-refractivity contribution in [1.82, 2.24) is 4.72 Å². The Morgan fingerprint density at radius 2 is 1.82 bits per heavy atom. The molecule has 0 saturated heterocycles. The molecule has 0 bridgehead atoms. The number of para-hydroxylation sites is 1. The van der Waals surface area contributed by atoms with Gasteiger partial charge in [-0.25, -0.2) is 13.1 Å². The molecule has 17 heavy (non-hydrogen) atoms. The van der Waals surface area contributed by atoms with Crippen molar-refractivity contribution in [3.63, 3.8) is 0 Å². The highest BCUT2D eigenvalue weighted by Crippen LogP contribution is 2.21. The van der Waals surface area contributed by atoms with Gasteiger partial charge in [-0.3, -0.25) is 0 Å². The van der Waals surface area contributed by atoms with Crippen LogP contribution in [0.15, 0.2) is 29.2 Å². The Balaban J connectivity index is 2.80. The molecule has 0 heterocycles. The highest BCUT2D eigenvalue weighted by molar-refractivity contribution is 7.89. The van der Waals surface area contributed by atoms with E-state index in [-0.39, 0.29) is 16.6 Å². The summed E-state index contributed by atoms with van der Waals surface area (Å²) in [6, 6.07) is 5.92. The number of nitrogens with one attached hydrogen (secondary N) is 1. The Bertz CT molecular complexity index is 468. The third-order valence-corrected chi connectivity index (χ3v) is 4.36. The summed E-state index contributed by atoms with van der Waals surface area (Å²) < 4.78 is 26.3. The average Bonchev–Trinajstić information content (AvgIpc) is 2.26. The minimum absolute atomic E-state index is 0.0732. The molecule has 1 unspecified atom stereocenters. The fourth-order valence-corrected chi connectivity index (χ4v) is 2.48. The van der Waals surface area contributed by atoms with Gasteiger partial charge in [-0.05, 0) is 24.0 Å². The van der Waals surface area contributed by atoms with Crippen molar-refractivity contribution in [3.8, 4) is 5.75 Å². The SMILES string of the molecule is CC(C)C(C)CNS(=O)(=O)c1ccccc1O. The molecule has 1 aromatic carbocycles. The minimum atomic E-state index is -3.62. The van der Waals surface area contributed by atoms with Crippen molar-refractivity contribution < 1.29 is 13.5 Å². The topological polar surface area (TPSA) is 66.4 Å². The van der Waals surface area contributed by atoms with Crippen LogP contribution in [-0.2, 0) is 10.0 Å². The van der Waals surface area contributed by atoms with E-state index in [4.69, 9.17) is 0 Å². The number of aromatic hydroxyl groups is 1. The van der Waals surface area contributed by atoms with Crippen molar-refractivity contribution >= 4 is 10.0 Å². The highest BCUT2D eigenvalue weighted by atomic mass is 32.2. The molecule has 0 aliphatic heterocycles. The molecular weight excluding hydrogens is 238 g/mol. The van der Waals surface area contributed by atoms with Crippen LogP contribution in [0.25, 0.3) is 0 Å². The first kappa shape index (κ1) is 14.0. The number of hydrogen-bond donors (Lipinski definition) is 2. The van der Waals surface area contributed by atoms with Gasteiger partial charge >= 0.3 is 0 Å². The second-order valence-corrected chi connectivity index (χ2v) is 6.28. The Morgan fingerprint density at radius 3 is 2.35 bits per heavy atom. The molecule has 0 fully saturated rings. The molecule has 1 rings (SSSR count). The van der Waals surface area contributed by atoms with Crippen molar-refractivity contribution in [2.75, 3.05) is 6.54 Å². The van der Waals surface area contributed by atoms with Crippen LogP contribution >= 0.6 is 0 Å². The quantitative estimate of drug-likeness (QED) is 0.847. The summed E-state index contributed by atoms with van der Waals surface area (Å²) >= 11 is 0. The van der Waals surface area contributed by atoms with Gasteiger partial charge in [0.05, 0.1) is 0 Å². The predicted octanol–water partition coefficient (Wildman–Crippen LogP) is 1.96. The van der Waals surface area contributed by atoms with Crippen LogP contribution in [-0.4, -0.2) is 20.1 Å². The standard InChI is InChI=1S/C12H19NO3S/c1-9(2)10(3)8-13-17(15,16)12-7-5-4-6-11(12)14/h4-7,9-10,13-14H,8H2,1-3H3. The smallest absolute Gasteiger partial charge is 0.244 e. The molecule has 0 aromatic heterocycles. The van der Waals surface area contributed by atoms with E-state index in [0.717, 1.165) is 0 Å². The molecule has 1 aromatic rings. The molecular formula is C12H19NO3S. The van der Waals surface area contributed by atoms with E-state index in [9.17, 15) is 13.5 Å². The third-order valence-electron chi connectivity index (χ3n) is 2.89. The van der Waals surface area contributed by atoms with Crippen LogP contribution in [0.3, 0.4) is 0 Å². The predicted molar refractivity (Wildman–Crippen MR) is 67.3 cm³/mol. The number of hydrogen-bond acceptors (Lipinski definition) is 3. The fourth-order valence-electron chi connectivity index (χ4n) is 1.24. The lowest BCUT2D eigenvalue weighted by molar-refractivity contribution is 0.413. The zero-order valence-electron chi connectivity index (χ0n) is 10.3. The summed E-state index contributed by atoms with van der Waals surface area (Å²) in [7, 11) is -3.62. The maximum absolute atomic E-state index is 11.9. The van der Waals surface area contributed by atoms with Crippen molar-refractivity contribution in [2.24, 2.45) is 11.8 Å². The van der Waals surface area contributed by atoms with Crippen LogP contribution in [0.4, 0.5) is 0 Å². The summed E-state index contributed by atoms with van der Waals surface area (Å²) in [5.41, 5.74) is 0. The third kappa shape index (κ3) is 3.71. The molecule has 2 N–H and O–H groups in total. The maximum Gasteiger partial charge on any atom is 0.244 e. The first-order valence-corrected chi connectivity index (χ1v) is 7.10. The van der Waals surface area contributed by atoms with Gasteiger partial charge < -0.3 is 5.11 Å². The fraction of sp³-hybridized carbons (Fsp3) is 0.500. The van der Waals surface area contributed by atoms with Gasteiger partial charge in [-0.15, -0.1) is 0 Å². The number of benzene rings is 1. The first-order valence-electron chi connectivity index (χ1n) is 5.62. The molecule has 0 saturated carbocycles. The summed E-state index contributed by atoms with van der Waals surface area (Å²) in [5, 5.41) is 9.50. The Kier molecular flexibility index (Phi) is 4.54. The van der Waals surface area contributed by atoms with E-state index in [1.807, 2.05) is 20.8 Å².